The first-order chi connectivity index (χ1) is 11.6. The smallest absolute Gasteiger partial charge is 0.238 e. The molecule has 0 saturated carbocycles. The molecule has 1 N–H and O–H groups in total. The van der Waals surface area contributed by atoms with Crippen LogP contribution in [-0.2, 0) is 4.79 Å². The highest BCUT2D eigenvalue weighted by Crippen LogP contribution is 2.35. The number of halogens is 1. The highest BCUT2D eigenvalue weighted by molar-refractivity contribution is 8.00. The number of pyridine rings is 1. The van der Waals surface area contributed by atoms with E-state index in [-0.39, 0.29) is 11.2 Å². The number of nitrogens with zero attached hydrogens (tertiary/aromatic N) is 1. The predicted octanol–water partition coefficient (Wildman–Crippen LogP) is 4.02. The maximum atomic E-state index is 12.3. The molecular formula is C17H17ClN2O3S. The fourth-order valence-corrected chi connectivity index (χ4v) is 3.16. The summed E-state index contributed by atoms with van der Waals surface area (Å²) in [5.74, 6) is 1.83. The molecule has 2 aromatic rings. The minimum absolute atomic E-state index is 0.123. The number of rotatable bonds is 4. The molecule has 2 heterocycles. The average molecular weight is 365 g/mol. The Kier molecular flexibility index (Phi) is 5.48. The lowest BCUT2D eigenvalue weighted by atomic mass is 10.3. The predicted molar refractivity (Wildman–Crippen MR) is 95.2 cm³/mol. The van der Waals surface area contributed by atoms with Gasteiger partial charge in [0, 0.05) is 17.5 Å². The van der Waals surface area contributed by atoms with Gasteiger partial charge < -0.3 is 14.8 Å². The summed E-state index contributed by atoms with van der Waals surface area (Å²) in [4.78, 5) is 17.3. The third kappa shape index (κ3) is 4.33. The van der Waals surface area contributed by atoms with E-state index < -0.39 is 0 Å². The van der Waals surface area contributed by atoms with Gasteiger partial charge in [0.2, 0.25) is 5.91 Å². The van der Waals surface area contributed by atoms with E-state index in [1.165, 1.54) is 18.0 Å². The Labute approximate surface area is 149 Å². The normalized spacial score (nSPS) is 14.6. The maximum absolute atomic E-state index is 12.3. The van der Waals surface area contributed by atoms with Crippen LogP contribution in [0.15, 0.2) is 41.4 Å². The van der Waals surface area contributed by atoms with E-state index in [9.17, 15) is 4.79 Å². The Morgan fingerprint density at radius 3 is 2.79 bits per heavy atom. The molecule has 5 nitrogen and oxygen atoms in total. The molecule has 0 spiro atoms. The van der Waals surface area contributed by atoms with Crippen molar-refractivity contribution in [3.05, 3.63) is 41.6 Å². The third-order valence-corrected chi connectivity index (χ3v) is 4.70. The van der Waals surface area contributed by atoms with E-state index >= 15 is 0 Å². The number of benzene rings is 1. The van der Waals surface area contributed by atoms with Gasteiger partial charge in [-0.2, -0.15) is 0 Å². The van der Waals surface area contributed by atoms with Gasteiger partial charge in [-0.1, -0.05) is 11.6 Å². The molecule has 1 atom stereocenters. The van der Waals surface area contributed by atoms with Crippen molar-refractivity contribution in [1.82, 2.24) is 4.98 Å². The lowest BCUT2D eigenvalue weighted by Gasteiger charge is -2.13. The number of thioether (sulfide) groups is 1. The first-order valence-electron chi connectivity index (χ1n) is 7.60. The molecule has 1 aliphatic heterocycles. The Morgan fingerprint density at radius 2 is 2.04 bits per heavy atom. The highest BCUT2D eigenvalue weighted by Gasteiger charge is 2.17. The molecule has 0 unspecified atom stereocenters. The van der Waals surface area contributed by atoms with Crippen LogP contribution >= 0.6 is 23.4 Å². The van der Waals surface area contributed by atoms with Gasteiger partial charge in [0.1, 0.15) is 5.82 Å². The van der Waals surface area contributed by atoms with Crippen LogP contribution < -0.4 is 14.8 Å². The molecule has 7 heteroatoms. The molecule has 1 aromatic carbocycles. The first-order valence-corrected chi connectivity index (χ1v) is 8.86. The molecule has 24 heavy (non-hydrogen) atoms. The summed E-state index contributed by atoms with van der Waals surface area (Å²) >= 11 is 7.24. The summed E-state index contributed by atoms with van der Waals surface area (Å²) in [6, 6.07) is 9.09. The standard InChI is InChI=1S/C17H17ClN2O3S/c1-11(17(21)20-16-6-3-12(18)10-19-16)24-13-4-5-14-15(9-13)23-8-2-7-22-14/h3-6,9-11H,2,7-8H2,1H3,(H,19,20,21)/t11-/m1/s1. The maximum Gasteiger partial charge on any atom is 0.238 e. The second-order valence-electron chi connectivity index (χ2n) is 5.27. The van der Waals surface area contributed by atoms with Crippen LogP contribution in [0.25, 0.3) is 0 Å². The number of nitrogens with one attached hydrogen (secondary N) is 1. The highest BCUT2D eigenvalue weighted by atomic mass is 35.5. The van der Waals surface area contributed by atoms with Crippen molar-refractivity contribution in [2.45, 2.75) is 23.5 Å². The van der Waals surface area contributed by atoms with Crippen molar-refractivity contribution < 1.29 is 14.3 Å². The zero-order chi connectivity index (χ0) is 16.9. The molecule has 1 aromatic heterocycles. The first kappa shape index (κ1) is 16.9. The molecule has 0 aliphatic carbocycles. The second-order valence-corrected chi connectivity index (χ2v) is 7.12. The molecule has 1 amide bonds. The summed E-state index contributed by atoms with van der Waals surface area (Å²) in [5.41, 5.74) is 0. The largest absolute Gasteiger partial charge is 0.490 e. The minimum atomic E-state index is -0.285. The van der Waals surface area contributed by atoms with Gasteiger partial charge in [0.05, 0.1) is 23.5 Å². The quantitative estimate of drug-likeness (QED) is 0.830. The monoisotopic (exact) mass is 364 g/mol. The zero-order valence-corrected chi connectivity index (χ0v) is 14.7. The third-order valence-electron chi connectivity index (χ3n) is 3.38. The zero-order valence-electron chi connectivity index (χ0n) is 13.1. The molecule has 0 bridgehead atoms. The summed E-state index contributed by atoms with van der Waals surface area (Å²) in [6.45, 7) is 3.14. The minimum Gasteiger partial charge on any atom is -0.490 e. The van der Waals surface area contributed by atoms with Crippen molar-refractivity contribution in [1.29, 1.82) is 0 Å². The number of aromatic nitrogens is 1. The lowest BCUT2D eigenvalue weighted by molar-refractivity contribution is -0.115. The van der Waals surface area contributed by atoms with E-state index in [0.717, 1.165) is 22.8 Å². The van der Waals surface area contributed by atoms with Crippen LogP contribution in [0.3, 0.4) is 0 Å². The number of hydrogen-bond donors (Lipinski definition) is 1. The lowest BCUT2D eigenvalue weighted by Crippen LogP contribution is -2.22. The molecule has 3 rings (SSSR count). The average Bonchev–Trinajstić information content (AvgIpc) is 2.81. The topological polar surface area (TPSA) is 60.5 Å². The van der Waals surface area contributed by atoms with Crippen molar-refractivity contribution in [2.24, 2.45) is 0 Å². The van der Waals surface area contributed by atoms with Crippen LogP contribution in [-0.4, -0.2) is 29.4 Å². The van der Waals surface area contributed by atoms with Crippen LogP contribution in [0.4, 0.5) is 5.82 Å². The molecule has 126 valence electrons. The Balaban J connectivity index is 1.63. The van der Waals surface area contributed by atoms with Crippen LogP contribution in [0, 0.1) is 0 Å². The Bertz CT molecular complexity index is 724. The van der Waals surface area contributed by atoms with Crippen LogP contribution in [0.5, 0.6) is 11.5 Å². The van der Waals surface area contributed by atoms with Gasteiger partial charge in [0.15, 0.2) is 11.5 Å². The second kappa shape index (κ2) is 7.77. The summed E-state index contributed by atoms with van der Waals surface area (Å²) in [6.07, 6.45) is 2.36. The van der Waals surface area contributed by atoms with Gasteiger partial charge in [0.25, 0.3) is 0 Å². The summed E-state index contributed by atoms with van der Waals surface area (Å²) < 4.78 is 11.3. The molecule has 0 saturated heterocycles. The Morgan fingerprint density at radius 1 is 1.25 bits per heavy atom. The van der Waals surface area contributed by atoms with Gasteiger partial charge in [-0.15, -0.1) is 11.8 Å². The van der Waals surface area contributed by atoms with Crippen molar-refractivity contribution in [3.8, 4) is 11.5 Å². The van der Waals surface area contributed by atoms with E-state index in [1.54, 1.807) is 12.1 Å². The van der Waals surface area contributed by atoms with E-state index in [2.05, 4.69) is 10.3 Å². The summed E-state index contributed by atoms with van der Waals surface area (Å²) in [5, 5.41) is 3.02. The fourth-order valence-electron chi connectivity index (χ4n) is 2.15. The van der Waals surface area contributed by atoms with E-state index in [4.69, 9.17) is 21.1 Å². The van der Waals surface area contributed by atoms with Gasteiger partial charge in [-0.25, -0.2) is 4.98 Å². The van der Waals surface area contributed by atoms with Crippen LogP contribution in [0.1, 0.15) is 13.3 Å². The van der Waals surface area contributed by atoms with E-state index in [0.29, 0.717) is 24.1 Å². The van der Waals surface area contributed by atoms with Crippen molar-refractivity contribution in [2.75, 3.05) is 18.5 Å². The number of hydrogen-bond acceptors (Lipinski definition) is 5. The Hall–Kier alpha value is -1.92. The van der Waals surface area contributed by atoms with Crippen molar-refractivity contribution in [3.63, 3.8) is 0 Å². The number of carbonyl (C=O) groups is 1. The molecular weight excluding hydrogens is 348 g/mol. The van der Waals surface area contributed by atoms with Gasteiger partial charge in [-0.05, 0) is 37.3 Å². The number of amides is 1. The number of carbonyl (C=O) groups excluding carboxylic acids is 1. The van der Waals surface area contributed by atoms with Crippen molar-refractivity contribution >= 4 is 35.1 Å². The number of fused-ring (bicyclic) bond motifs is 1. The SMILES string of the molecule is C[C@@H](Sc1ccc2c(c1)OCCCO2)C(=O)Nc1ccc(Cl)cn1. The number of ether oxygens (including phenoxy) is 2. The summed E-state index contributed by atoms with van der Waals surface area (Å²) in [7, 11) is 0. The molecule has 0 fully saturated rings. The van der Waals surface area contributed by atoms with Gasteiger partial charge >= 0.3 is 0 Å². The molecule has 0 radical (unpaired) electrons. The number of anilines is 1. The fraction of sp³-hybridized carbons (Fsp3) is 0.294. The molecule has 1 aliphatic rings. The van der Waals surface area contributed by atoms with Crippen LogP contribution in [0.2, 0.25) is 5.02 Å². The van der Waals surface area contributed by atoms with Gasteiger partial charge in [-0.3, -0.25) is 4.79 Å². The van der Waals surface area contributed by atoms with E-state index in [1.807, 2.05) is 25.1 Å².